The van der Waals surface area contributed by atoms with E-state index in [1.807, 2.05) is 38.2 Å². The number of rotatable bonds is 6. The second kappa shape index (κ2) is 11.8. The summed E-state index contributed by atoms with van der Waals surface area (Å²) >= 11 is 0. The second-order valence-electron chi connectivity index (χ2n) is 7.25. The zero-order chi connectivity index (χ0) is 19.8. The quantitative estimate of drug-likeness (QED) is 0.357. The van der Waals surface area contributed by atoms with E-state index >= 15 is 0 Å². The van der Waals surface area contributed by atoms with Gasteiger partial charge in [-0.1, -0.05) is 42.5 Å². The number of carbonyl (C=O) groups excluding carboxylic acids is 1. The maximum absolute atomic E-state index is 12.0. The van der Waals surface area contributed by atoms with Crippen molar-refractivity contribution in [2.24, 2.45) is 10.9 Å². The molecule has 1 amide bonds. The molecule has 0 aliphatic carbocycles. The Kier molecular flexibility index (Phi) is 9.44. The van der Waals surface area contributed by atoms with Crippen LogP contribution in [0.4, 0.5) is 0 Å². The topological polar surface area (TPSA) is 56.7 Å². The molecule has 1 atom stereocenters. The van der Waals surface area contributed by atoms with Crippen LogP contribution < -0.4 is 10.6 Å². The molecule has 2 aromatic rings. The van der Waals surface area contributed by atoms with Crippen LogP contribution in [-0.4, -0.2) is 43.4 Å². The molecule has 1 aliphatic heterocycles. The summed E-state index contributed by atoms with van der Waals surface area (Å²) in [6.45, 7) is 5.25. The molecule has 0 bridgehead atoms. The fourth-order valence-electron chi connectivity index (χ4n) is 3.74. The van der Waals surface area contributed by atoms with Crippen molar-refractivity contribution in [3.05, 3.63) is 71.3 Å². The van der Waals surface area contributed by atoms with E-state index in [9.17, 15) is 4.79 Å². The predicted molar refractivity (Wildman–Crippen MR) is 130 cm³/mol. The van der Waals surface area contributed by atoms with E-state index in [4.69, 9.17) is 0 Å². The lowest BCUT2D eigenvalue weighted by Gasteiger charge is -2.22. The van der Waals surface area contributed by atoms with E-state index in [-0.39, 0.29) is 29.9 Å². The highest BCUT2D eigenvalue weighted by molar-refractivity contribution is 14.0. The Morgan fingerprint density at radius 1 is 1.10 bits per heavy atom. The standard InChI is InChI=1S/C23H30N4O.HI/c1-3-25-22(28)21-11-7-10-19(15-21)16-26-23(24-2)27-13-12-20(17-27)14-18-8-5-4-6-9-18;/h4-11,15,20H,3,12-14,16-17H2,1-2H3,(H,24,26)(H,25,28);1H. The third-order valence-corrected chi connectivity index (χ3v) is 5.14. The molecule has 1 aliphatic rings. The molecule has 2 N–H and O–H groups in total. The maximum atomic E-state index is 12.0. The number of hydrogen-bond acceptors (Lipinski definition) is 2. The van der Waals surface area contributed by atoms with Crippen molar-refractivity contribution in [1.82, 2.24) is 15.5 Å². The van der Waals surface area contributed by atoms with Gasteiger partial charge in [-0.25, -0.2) is 0 Å². The first-order chi connectivity index (χ1) is 13.7. The van der Waals surface area contributed by atoms with Gasteiger partial charge in [0.15, 0.2) is 5.96 Å². The van der Waals surface area contributed by atoms with Gasteiger partial charge in [-0.3, -0.25) is 9.79 Å². The Labute approximate surface area is 191 Å². The van der Waals surface area contributed by atoms with Crippen molar-refractivity contribution in [1.29, 1.82) is 0 Å². The van der Waals surface area contributed by atoms with Crippen molar-refractivity contribution in [3.63, 3.8) is 0 Å². The van der Waals surface area contributed by atoms with Crippen molar-refractivity contribution >= 4 is 35.8 Å². The molecule has 29 heavy (non-hydrogen) atoms. The Bertz CT molecular complexity index is 810. The van der Waals surface area contributed by atoms with E-state index in [2.05, 4.69) is 50.9 Å². The molecule has 0 saturated carbocycles. The molecule has 156 valence electrons. The van der Waals surface area contributed by atoms with Crippen molar-refractivity contribution in [3.8, 4) is 0 Å². The fraction of sp³-hybridized carbons (Fsp3) is 0.391. The molecule has 0 spiro atoms. The van der Waals surface area contributed by atoms with Gasteiger partial charge in [0.05, 0.1) is 0 Å². The molecule has 2 aromatic carbocycles. The van der Waals surface area contributed by atoms with E-state index in [0.29, 0.717) is 24.6 Å². The van der Waals surface area contributed by atoms with Crippen LogP contribution in [0.5, 0.6) is 0 Å². The summed E-state index contributed by atoms with van der Waals surface area (Å²) in [4.78, 5) is 18.8. The minimum Gasteiger partial charge on any atom is -0.352 e. The second-order valence-corrected chi connectivity index (χ2v) is 7.25. The Balaban J connectivity index is 0.00000300. The van der Waals surface area contributed by atoms with Crippen LogP contribution in [0.1, 0.15) is 34.8 Å². The van der Waals surface area contributed by atoms with Crippen LogP contribution in [0.25, 0.3) is 0 Å². The zero-order valence-electron chi connectivity index (χ0n) is 17.2. The lowest BCUT2D eigenvalue weighted by atomic mass is 9.99. The van der Waals surface area contributed by atoms with Gasteiger partial charge in [-0.05, 0) is 48.9 Å². The molecular formula is C23H31IN4O. The van der Waals surface area contributed by atoms with Gasteiger partial charge in [0.25, 0.3) is 5.91 Å². The van der Waals surface area contributed by atoms with Gasteiger partial charge in [-0.15, -0.1) is 24.0 Å². The summed E-state index contributed by atoms with van der Waals surface area (Å²) in [5, 5.41) is 6.30. The molecule has 1 heterocycles. The molecular weight excluding hydrogens is 475 g/mol. The first kappa shape index (κ1) is 23.2. The molecule has 6 heteroatoms. The highest BCUT2D eigenvalue weighted by Crippen LogP contribution is 2.21. The van der Waals surface area contributed by atoms with E-state index < -0.39 is 0 Å². The molecule has 3 rings (SSSR count). The van der Waals surface area contributed by atoms with Crippen LogP contribution in [0.2, 0.25) is 0 Å². The molecule has 1 unspecified atom stereocenters. The highest BCUT2D eigenvalue weighted by Gasteiger charge is 2.24. The number of benzene rings is 2. The van der Waals surface area contributed by atoms with Gasteiger partial charge in [0.2, 0.25) is 0 Å². The number of likely N-dealkylation sites (tertiary alicyclic amines) is 1. The van der Waals surface area contributed by atoms with E-state index in [1.165, 1.54) is 12.0 Å². The van der Waals surface area contributed by atoms with Gasteiger partial charge in [0.1, 0.15) is 0 Å². The lowest BCUT2D eigenvalue weighted by molar-refractivity contribution is 0.0955. The van der Waals surface area contributed by atoms with E-state index in [0.717, 1.165) is 31.0 Å². The van der Waals surface area contributed by atoms with Crippen LogP contribution in [0.15, 0.2) is 59.6 Å². The smallest absolute Gasteiger partial charge is 0.251 e. The maximum Gasteiger partial charge on any atom is 0.251 e. The monoisotopic (exact) mass is 506 g/mol. The minimum absolute atomic E-state index is 0. The molecule has 5 nitrogen and oxygen atoms in total. The van der Waals surface area contributed by atoms with Crippen molar-refractivity contribution in [2.45, 2.75) is 26.3 Å². The largest absolute Gasteiger partial charge is 0.352 e. The summed E-state index contributed by atoms with van der Waals surface area (Å²) in [6, 6.07) is 18.4. The number of hydrogen-bond donors (Lipinski definition) is 2. The summed E-state index contributed by atoms with van der Waals surface area (Å²) in [6.07, 6.45) is 2.30. The molecule has 0 aromatic heterocycles. The van der Waals surface area contributed by atoms with Gasteiger partial charge in [-0.2, -0.15) is 0 Å². The minimum atomic E-state index is -0.0305. The number of guanidine groups is 1. The van der Waals surface area contributed by atoms with Crippen molar-refractivity contribution < 1.29 is 4.79 Å². The van der Waals surface area contributed by atoms with Gasteiger partial charge >= 0.3 is 0 Å². The number of carbonyl (C=O) groups is 1. The fourth-order valence-corrected chi connectivity index (χ4v) is 3.74. The van der Waals surface area contributed by atoms with Crippen LogP contribution in [0.3, 0.4) is 0 Å². The average Bonchev–Trinajstić information content (AvgIpc) is 3.18. The summed E-state index contributed by atoms with van der Waals surface area (Å²) in [7, 11) is 1.83. The molecule has 1 saturated heterocycles. The lowest BCUT2D eigenvalue weighted by Crippen LogP contribution is -2.39. The zero-order valence-corrected chi connectivity index (χ0v) is 19.6. The third kappa shape index (κ3) is 6.73. The average molecular weight is 506 g/mol. The van der Waals surface area contributed by atoms with Crippen molar-refractivity contribution in [2.75, 3.05) is 26.7 Å². The van der Waals surface area contributed by atoms with Crippen LogP contribution >= 0.6 is 24.0 Å². The number of nitrogens with zero attached hydrogens (tertiary/aromatic N) is 2. The SMILES string of the molecule is CCNC(=O)c1cccc(CNC(=NC)N2CCC(Cc3ccccc3)C2)c1.I. The van der Waals surface area contributed by atoms with E-state index in [1.54, 1.807) is 0 Å². The van der Waals surface area contributed by atoms with Gasteiger partial charge in [0, 0.05) is 38.8 Å². The normalized spacial score (nSPS) is 16.3. The number of halogens is 1. The number of nitrogens with one attached hydrogen (secondary N) is 2. The Hall–Kier alpha value is -2.09. The van der Waals surface area contributed by atoms with Gasteiger partial charge < -0.3 is 15.5 Å². The summed E-state index contributed by atoms with van der Waals surface area (Å²) < 4.78 is 0. The third-order valence-electron chi connectivity index (χ3n) is 5.14. The highest BCUT2D eigenvalue weighted by atomic mass is 127. The predicted octanol–water partition coefficient (Wildman–Crippen LogP) is 3.69. The number of aliphatic imine (C=N–C) groups is 1. The van der Waals surface area contributed by atoms with Crippen LogP contribution in [0, 0.1) is 5.92 Å². The molecule has 0 radical (unpaired) electrons. The number of amides is 1. The summed E-state index contributed by atoms with van der Waals surface area (Å²) in [5.41, 5.74) is 3.17. The van der Waals surface area contributed by atoms with Crippen LogP contribution in [-0.2, 0) is 13.0 Å². The Morgan fingerprint density at radius 2 is 1.86 bits per heavy atom. The first-order valence-electron chi connectivity index (χ1n) is 10.1. The summed E-state index contributed by atoms with van der Waals surface area (Å²) in [5.74, 6) is 1.55. The molecule has 1 fully saturated rings. The first-order valence-corrected chi connectivity index (χ1v) is 10.1. The Morgan fingerprint density at radius 3 is 2.59 bits per heavy atom.